The van der Waals surface area contributed by atoms with Gasteiger partial charge in [-0.1, -0.05) is 11.6 Å². The normalized spacial score (nSPS) is 13.7. The molecule has 0 spiro atoms. The summed E-state index contributed by atoms with van der Waals surface area (Å²) in [4.78, 5) is 24.4. The highest BCUT2D eigenvalue weighted by Gasteiger charge is 2.21. The fourth-order valence-corrected chi connectivity index (χ4v) is 2.49. The number of nitrogens with one attached hydrogen (secondary N) is 1. The highest BCUT2D eigenvalue weighted by atomic mass is 35.5. The van der Waals surface area contributed by atoms with Crippen molar-refractivity contribution in [2.24, 2.45) is 0 Å². The average molecular weight is 380 g/mol. The fourth-order valence-electron chi connectivity index (χ4n) is 2.28. The van der Waals surface area contributed by atoms with E-state index in [9.17, 15) is 14.0 Å². The van der Waals surface area contributed by atoms with Gasteiger partial charge in [0.2, 0.25) is 0 Å². The van der Waals surface area contributed by atoms with Crippen LogP contribution in [0.1, 0.15) is 17.3 Å². The Balaban J connectivity index is 1.64. The molecule has 0 fully saturated rings. The summed E-state index contributed by atoms with van der Waals surface area (Å²) >= 11 is 5.86. The molecule has 2 aromatic carbocycles. The summed E-state index contributed by atoms with van der Waals surface area (Å²) in [6.45, 7) is 2.26. The second kappa shape index (κ2) is 7.61. The molecule has 0 aliphatic carbocycles. The summed E-state index contributed by atoms with van der Waals surface area (Å²) in [5.41, 5.74) is 0.453. The van der Waals surface area contributed by atoms with Gasteiger partial charge in [-0.05, 0) is 43.3 Å². The monoisotopic (exact) mass is 379 g/mol. The van der Waals surface area contributed by atoms with E-state index in [1.54, 1.807) is 6.07 Å². The molecule has 0 radical (unpaired) electrons. The third-order valence-electron chi connectivity index (χ3n) is 3.62. The van der Waals surface area contributed by atoms with E-state index in [2.05, 4.69) is 5.32 Å². The number of amides is 1. The van der Waals surface area contributed by atoms with Gasteiger partial charge in [0, 0.05) is 0 Å². The van der Waals surface area contributed by atoms with Crippen LogP contribution in [0.3, 0.4) is 0 Å². The minimum Gasteiger partial charge on any atom is -0.486 e. The molecule has 1 aliphatic heterocycles. The first kappa shape index (κ1) is 18.0. The predicted molar refractivity (Wildman–Crippen MR) is 92.3 cm³/mol. The fraction of sp³-hybridized carbons (Fsp3) is 0.222. The molecule has 6 nitrogen and oxygen atoms in total. The van der Waals surface area contributed by atoms with Crippen LogP contribution in [0.15, 0.2) is 36.4 Å². The number of anilines is 1. The van der Waals surface area contributed by atoms with Crippen LogP contribution < -0.4 is 14.8 Å². The van der Waals surface area contributed by atoms with E-state index >= 15 is 0 Å². The van der Waals surface area contributed by atoms with Gasteiger partial charge in [-0.2, -0.15) is 0 Å². The summed E-state index contributed by atoms with van der Waals surface area (Å²) < 4.78 is 29.0. The Morgan fingerprint density at radius 3 is 2.62 bits per heavy atom. The topological polar surface area (TPSA) is 73.9 Å². The minimum atomic E-state index is -1.09. The Morgan fingerprint density at radius 2 is 1.88 bits per heavy atom. The molecule has 0 saturated heterocycles. The van der Waals surface area contributed by atoms with Crippen LogP contribution in [0.5, 0.6) is 11.5 Å². The van der Waals surface area contributed by atoms with Crippen molar-refractivity contribution < 1.29 is 28.2 Å². The van der Waals surface area contributed by atoms with Crippen LogP contribution >= 0.6 is 11.6 Å². The maximum Gasteiger partial charge on any atom is 0.339 e. The zero-order valence-electron chi connectivity index (χ0n) is 13.8. The Hall–Kier alpha value is -2.80. The zero-order valence-corrected chi connectivity index (χ0v) is 14.5. The molecule has 1 N–H and O–H groups in total. The van der Waals surface area contributed by atoms with Crippen LogP contribution in [0.2, 0.25) is 5.02 Å². The number of hydrogen-bond donors (Lipinski definition) is 1. The molecule has 26 heavy (non-hydrogen) atoms. The number of ether oxygens (including phenoxy) is 3. The second-order valence-electron chi connectivity index (χ2n) is 5.52. The van der Waals surface area contributed by atoms with Crippen LogP contribution in [0, 0.1) is 5.82 Å². The first-order chi connectivity index (χ1) is 12.4. The van der Waals surface area contributed by atoms with Crippen molar-refractivity contribution in [2.75, 3.05) is 18.5 Å². The van der Waals surface area contributed by atoms with Crippen LogP contribution in [0.4, 0.5) is 10.1 Å². The van der Waals surface area contributed by atoms with Crippen LogP contribution in [-0.4, -0.2) is 31.2 Å². The molecule has 0 saturated carbocycles. The highest BCUT2D eigenvalue weighted by molar-refractivity contribution is 6.33. The zero-order chi connectivity index (χ0) is 18.7. The molecule has 1 heterocycles. The molecule has 8 heteroatoms. The Labute approximate surface area is 153 Å². The summed E-state index contributed by atoms with van der Waals surface area (Å²) in [7, 11) is 0. The molecule has 1 unspecified atom stereocenters. The summed E-state index contributed by atoms with van der Waals surface area (Å²) in [5.74, 6) is -0.809. The van der Waals surface area contributed by atoms with Crippen molar-refractivity contribution in [1.29, 1.82) is 0 Å². The molecular weight excluding hydrogens is 365 g/mol. The maximum atomic E-state index is 13.0. The molecule has 1 amide bonds. The van der Waals surface area contributed by atoms with Gasteiger partial charge in [0.05, 0.1) is 16.3 Å². The maximum absolute atomic E-state index is 13.0. The van der Waals surface area contributed by atoms with Crippen molar-refractivity contribution in [3.8, 4) is 11.5 Å². The van der Waals surface area contributed by atoms with Gasteiger partial charge in [-0.3, -0.25) is 4.79 Å². The minimum absolute atomic E-state index is 0.0451. The van der Waals surface area contributed by atoms with Gasteiger partial charge in [-0.25, -0.2) is 9.18 Å². The molecule has 2 aromatic rings. The third kappa shape index (κ3) is 4.05. The van der Waals surface area contributed by atoms with Crippen LogP contribution in [0.25, 0.3) is 0 Å². The lowest BCUT2D eigenvalue weighted by atomic mass is 10.2. The van der Waals surface area contributed by atoms with Crippen molar-refractivity contribution in [1.82, 2.24) is 0 Å². The third-order valence-corrected chi connectivity index (χ3v) is 3.93. The Kier molecular flexibility index (Phi) is 5.27. The quantitative estimate of drug-likeness (QED) is 0.824. The van der Waals surface area contributed by atoms with Crippen molar-refractivity contribution >= 4 is 29.2 Å². The van der Waals surface area contributed by atoms with Crippen molar-refractivity contribution in [3.05, 3.63) is 52.8 Å². The summed E-state index contributed by atoms with van der Waals surface area (Å²) in [6, 6.07) is 8.19. The lowest BCUT2D eigenvalue weighted by Crippen LogP contribution is -2.30. The Morgan fingerprint density at radius 1 is 1.15 bits per heavy atom. The molecule has 136 valence electrons. The largest absolute Gasteiger partial charge is 0.486 e. The first-order valence-corrected chi connectivity index (χ1v) is 8.18. The predicted octanol–water partition coefficient (Wildman–Crippen LogP) is 3.43. The van der Waals surface area contributed by atoms with Gasteiger partial charge in [0.1, 0.15) is 19.0 Å². The standard InChI is InChI=1S/C18H15ClFNO5/c1-10(17(22)21-14-4-3-12(20)9-13(14)19)26-18(23)11-2-5-15-16(8-11)25-7-6-24-15/h2-5,8-10H,6-7H2,1H3,(H,21,22). The lowest BCUT2D eigenvalue weighted by molar-refractivity contribution is -0.123. The van der Waals surface area contributed by atoms with Gasteiger partial charge in [0.15, 0.2) is 17.6 Å². The number of fused-ring (bicyclic) bond motifs is 1. The number of benzene rings is 2. The molecule has 0 bridgehead atoms. The molecule has 1 atom stereocenters. The number of hydrogen-bond acceptors (Lipinski definition) is 5. The van der Waals surface area contributed by atoms with Crippen molar-refractivity contribution in [2.45, 2.75) is 13.0 Å². The number of halogens is 2. The van der Waals surface area contributed by atoms with Gasteiger partial charge in [-0.15, -0.1) is 0 Å². The van der Waals surface area contributed by atoms with Gasteiger partial charge < -0.3 is 19.5 Å². The lowest BCUT2D eigenvalue weighted by Gasteiger charge is -2.19. The van der Waals surface area contributed by atoms with Gasteiger partial charge in [0.25, 0.3) is 5.91 Å². The van der Waals surface area contributed by atoms with Crippen molar-refractivity contribution in [3.63, 3.8) is 0 Å². The number of esters is 1. The van der Waals surface area contributed by atoms with Crippen LogP contribution in [-0.2, 0) is 9.53 Å². The summed E-state index contributed by atoms with van der Waals surface area (Å²) in [6.07, 6.45) is -1.09. The summed E-state index contributed by atoms with van der Waals surface area (Å²) in [5, 5.41) is 2.53. The second-order valence-corrected chi connectivity index (χ2v) is 5.93. The van der Waals surface area contributed by atoms with E-state index in [0.717, 1.165) is 12.1 Å². The van der Waals surface area contributed by atoms with E-state index < -0.39 is 23.8 Å². The smallest absolute Gasteiger partial charge is 0.339 e. The molecular formula is C18H15ClFNO5. The van der Waals surface area contributed by atoms with Gasteiger partial charge >= 0.3 is 5.97 Å². The SMILES string of the molecule is CC(OC(=O)c1ccc2c(c1)OCCO2)C(=O)Nc1ccc(F)cc1Cl. The number of carbonyl (C=O) groups excluding carboxylic acids is 2. The molecule has 0 aromatic heterocycles. The van der Waals surface area contributed by atoms with E-state index in [1.807, 2.05) is 0 Å². The van der Waals surface area contributed by atoms with E-state index in [-0.39, 0.29) is 16.3 Å². The average Bonchev–Trinajstić information content (AvgIpc) is 2.63. The Bertz CT molecular complexity index is 857. The van der Waals surface area contributed by atoms with E-state index in [4.69, 9.17) is 25.8 Å². The molecule has 3 rings (SSSR count). The number of carbonyl (C=O) groups is 2. The first-order valence-electron chi connectivity index (χ1n) is 7.80. The highest BCUT2D eigenvalue weighted by Crippen LogP contribution is 2.31. The van der Waals surface area contributed by atoms with E-state index in [0.29, 0.717) is 24.7 Å². The molecule has 1 aliphatic rings. The van der Waals surface area contributed by atoms with E-state index in [1.165, 1.54) is 25.1 Å². The number of rotatable bonds is 4.